The molecule has 0 unspecified atom stereocenters. The van der Waals surface area contributed by atoms with E-state index < -0.39 is 0 Å². The van der Waals surface area contributed by atoms with Crippen LogP contribution >= 0.6 is 0 Å². The second kappa shape index (κ2) is 5.17. The van der Waals surface area contributed by atoms with Gasteiger partial charge in [0.05, 0.1) is 23.8 Å². The Bertz CT molecular complexity index is 636. The molecule has 0 fully saturated rings. The van der Waals surface area contributed by atoms with Crippen LogP contribution in [0.2, 0.25) is 0 Å². The zero-order chi connectivity index (χ0) is 13.9. The standard InChI is InChI=1S/C16H14N4/c1-11-3-5-13(17-7-11)15-9-20-16(10-19-15)14-6-4-12(2)8-18-14/h3-10H,1-2H3. The van der Waals surface area contributed by atoms with Crippen LogP contribution in [0.4, 0.5) is 0 Å². The van der Waals surface area contributed by atoms with Crippen LogP contribution in [0.3, 0.4) is 0 Å². The maximum atomic E-state index is 4.41. The van der Waals surface area contributed by atoms with Crippen molar-refractivity contribution >= 4 is 0 Å². The van der Waals surface area contributed by atoms with Crippen LogP contribution in [0.5, 0.6) is 0 Å². The molecule has 0 N–H and O–H groups in total. The Labute approximate surface area is 117 Å². The van der Waals surface area contributed by atoms with E-state index in [0.717, 1.165) is 33.9 Å². The molecule has 0 saturated carbocycles. The molecule has 4 heteroatoms. The monoisotopic (exact) mass is 262 g/mol. The van der Waals surface area contributed by atoms with Gasteiger partial charge in [-0.25, -0.2) is 0 Å². The van der Waals surface area contributed by atoms with E-state index in [2.05, 4.69) is 19.9 Å². The molecule has 0 bridgehead atoms. The molecule has 0 amide bonds. The third-order valence-electron chi connectivity index (χ3n) is 3.00. The summed E-state index contributed by atoms with van der Waals surface area (Å²) >= 11 is 0. The van der Waals surface area contributed by atoms with Crippen molar-refractivity contribution in [1.82, 2.24) is 19.9 Å². The van der Waals surface area contributed by atoms with Gasteiger partial charge in [-0.15, -0.1) is 0 Å². The fraction of sp³-hybridized carbons (Fsp3) is 0.125. The lowest BCUT2D eigenvalue weighted by atomic mass is 10.2. The minimum atomic E-state index is 0.765. The summed E-state index contributed by atoms with van der Waals surface area (Å²) in [5.74, 6) is 0. The first kappa shape index (κ1) is 12.4. The van der Waals surface area contributed by atoms with Gasteiger partial charge >= 0.3 is 0 Å². The number of hydrogen-bond donors (Lipinski definition) is 0. The first-order valence-electron chi connectivity index (χ1n) is 6.40. The van der Waals surface area contributed by atoms with Crippen molar-refractivity contribution in [3.05, 3.63) is 60.2 Å². The molecule has 20 heavy (non-hydrogen) atoms. The Morgan fingerprint density at radius 3 is 1.20 bits per heavy atom. The molecule has 0 radical (unpaired) electrons. The van der Waals surface area contributed by atoms with Gasteiger partial charge in [-0.1, -0.05) is 12.1 Å². The van der Waals surface area contributed by atoms with E-state index in [-0.39, 0.29) is 0 Å². The Hall–Kier alpha value is -2.62. The summed E-state index contributed by atoms with van der Waals surface area (Å²) in [4.78, 5) is 17.5. The maximum Gasteiger partial charge on any atom is 0.107 e. The summed E-state index contributed by atoms with van der Waals surface area (Å²) in [7, 11) is 0. The van der Waals surface area contributed by atoms with Gasteiger partial charge in [0.15, 0.2) is 0 Å². The highest BCUT2D eigenvalue weighted by atomic mass is 14.8. The average Bonchev–Trinajstić information content (AvgIpc) is 2.49. The van der Waals surface area contributed by atoms with E-state index in [1.807, 2.05) is 50.5 Å². The summed E-state index contributed by atoms with van der Waals surface area (Å²) in [6.45, 7) is 4.02. The van der Waals surface area contributed by atoms with Crippen molar-refractivity contribution in [3.8, 4) is 22.8 Å². The molecular formula is C16H14N4. The van der Waals surface area contributed by atoms with Crippen molar-refractivity contribution in [2.45, 2.75) is 13.8 Å². The zero-order valence-electron chi connectivity index (χ0n) is 11.4. The molecule has 4 nitrogen and oxygen atoms in total. The predicted octanol–water partition coefficient (Wildman–Crippen LogP) is 3.22. The molecule has 0 spiro atoms. The fourth-order valence-electron chi connectivity index (χ4n) is 1.83. The van der Waals surface area contributed by atoms with Gasteiger partial charge in [-0.3, -0.25) is 19.9 Å². The molecule has 0 atom stereocenters. The van der Waals surface area contributed by atoms with Crippen LogP contribution in [0.15, 0.2) is 49.1 Å². The van der Waals surface area contributed by atoms with Gasteiger partial charge in [-0.05, 0) is 37.1 Å². The molecule has 3 rings (SSSR count). The predicted molar refractivity (Wildman–Crippen MR) is 78.0 cm³/mol. The van der Waals surface area contributed by atoms with E-state index in [1.54, 1.807) is 12.4 Å². The van der Waals surface area contributed by atoms with Crippen LogP contribution in [-0.4, -0.2) is 19.9 Å². The van der Waals surface area contributed by atoms with Gasteiger partial charge in [0.2, 0.25) is 0 Å². The minimum absolute atomic E-state index is 0.765. The fourth-order valence-corrected chi connectivity index (χ4v) is 1.83. The van der Waals surface area contributed by atoms with E-state index in [9.17, 15) is 0 Å². The maximum absolute atomic E-state index is 4.41. The summed E-state index contributed by atoms with van der Waals surface area (Å²) in [6.07, 6.45) is 7.11. The number of hydrogen-bond acceptors (Lipinski definition) is 4. The lowest BCUT2D eigenvalue weighted by Crippen LogP contribution is -1.93. The highest BCUT2D eigenvalue weighted by molar-refractivity contribution is 5.57. The van der Waals surface area contributed by atoms with Crippen molar-refractivity contribution in [2.75, 3.05) is 0 Å². The van der Waals surface area contributed by atoms with Crippen molar-refractivity contribution in [2.24, 2.45) is 0 Å². The first-order chi connectivity index (χ1) is 9.72. The van der Waals surface area contributed by atoms with E-state index >= 15 is 0 Å². The average molecular weight is 262 g/mol. The van der Waals surface area contributed by atoms with Crippen molar-refractivity contribution in [1.29, 1.82) is 0 Å². The number of aromatic nitrogens is 4. The van der Waals surface area contributed by atoms with Crippen molar-refractivity contribution < 1.29 is 0 Å². The second-order valence-corrected chi connectivity index (χ2v) is 4.73. The summed E-state index contributed by atoms with van der Waals surface area (Å²) < 4.78 is 0. The molecule has 0 aliphatic rings. The lowest BCUT2D eigenvalue weighted by Gasteiger charge is -2.03. The zero-order valence-corrected chi connectivity index (χ0v) is 11.4. The number of aryl methyl sites for hydroxylation is 2. The Kier molecular flexibility index (Phi) is 3.21. The van der Waals surface area contributed by atoms with Gasteiger partial charge < -0.3 is 0 Å². The quantitative estimate of drug-likeness (QED) is 0.711. The normalized spacial score (nSPS) is 10.5. The molecule has 0 aromatic carbocycles. The molecule has 0 saturated heterocycles. The number of nitrogens with zero attached hydrogens (tertiary/aromatic N) is 4. The van der Waals surface area contributed by atoms with E-state index in [4.69, 9.17) is 0 Å². The third kappa shape index (κ3) is 2.54. The Balaban J connectivity index is 1.91. The molecule has 0 aliphatic carbocycles. The Morgan fingerprint density at radius 1 is 0.500 bits per heavy atom. The topological polar surface area (TPSA) is 51.6 Å². The van der Waals surface area contributed by atoms with Gasteiger partial charge in [0.25, 0.3) is 0 Å². The molecule has 98 valence electrons. The van der Waals surface area contributed by atoms with E-state index in [1.165, 1.54) is 0 Å². The third-order valence-corrected chi connectivity index (χ3v) is 3.00. The lowest BCUT2D eigenvalue weighted by molar-refractivity contribution is 1.15. The number of pyridine rings is 2. The SMILES string of the molecule is Cc1ccc(-c2cnc(-c3ccc(C)cn3)cn2)nc1. The molecule has 0 aliphatic heterocycles. The summed E-state index contributed by atoms with van der Waals surface area (Å²) in [6, 6.07) is 7.92. The van der Waals surface area contributed by atoms with E-state index in [0.29, 0.717) is 0 Å². The molecule has 3 aromatic rings. The number of rotatable bonds is 2. The van der Waals surface area contributed by atoms with Crippen molar-refractivity contribution in [3.63, 3.8) is 0 Å². The summed E-state index contributed by atoms with van der Waals surface area (Å²) in [5.41, 5.74) is 5.43. The highest BCUT2D eigenvalue weighted by Crippen LogP contribution is 2.17. The van der Waals surface area contributed by atoms with Crippen LogP contribution in [0, 0.1) is 13.8 Å². The van der Waals surface area contributed by atoms with Crippen LogP contribution in [0.1, 0.15) is 11.1 Å². The summed E-state index contributed by atoms with van der Waals surface area (Å²) in [5, 5.41) is 0. The van der Waals surface area contributed by atoms with Gasteiger partial charge in [-0.2, -0.15) is 0 Å². The first-order valence-corrected chi connectivity index (χ1v) is 6.40. The Morgan fingerprint density at radius 2 is 0.900 bits per heavy atom. The second-order valence-electron chi connectivity index (χ2n) is 4.73. The molecule has 3 heterocycles. The van der Waals surface area contributed by atoms with Crippen LogP contribution in [0.25, 0.3) is 22.8 Å². The molecular weight excluding hydrogens is 248 g/mol. The largest absolute Gasteiger partial charge is 0.254 e. The van der Waals surface area contributed by atoms with Crippen LogP contribution in [-0.2, 0) is 0 Å². The van der Waals surface area contributed by atoms with Crippen LogP contribution < -0.4 is 0 Å². The highest BCUT2D eigenvalue weighted by Gasteiger charge is 2.04. The minimum Gasteiger partial charge on any atom is -0.254 e. The smallest absolute Gasteiger partial charge is 0.107 e. The molecule has 3 aromatic heterocycles. The van der Waals surface area contributed by atoms with Gasteiger partial charge in [0.1, 0.15) is 11.4 Å². The van der Waals surface area contributed by atoms with Gasteiger partial charge in [0, 0.05) is 12.4 Å².